The number of carbonyl (C=O) groups is 1. The summed E-state index contributed by atoms with van der Waals surface area (Å²) in [6.07, 6.45) is 2.44. The van der Waals surface area contributed by atoms with Gasteiger partial charge in [0.2, 0.25) is 5.91 Å². The van der Waals surface area contributed by atoms with Crippen molar-refractivity contribution >= 4 is 5.91 Å². The van der Waals surface area contributed by atoms with Gasteiger partial charge in [0, 0.05) is 0 Å². The molecule has 1 unspecified atom stereocenters. The van der Waals surface area contributed by atoms with Crippen molar-refractivity contribution in [2.45, 2.75) is 25.3 Å². The molecule has 0 bridgehead atoms. The van der Waals surface area contributed by atoms with E-state index in [2.05, 4.69) is 5.32 Å². The lowest BCUT2D eigenvalue weighted by atomic mass is 10.0. The molecule has 2 aromatic rings. The van der Waals surface area contributed by atoms with Crippen molar-refractivity contribution in [1.29, 1.82) is 0 Å². The molecule has 1 fully saturated rings. The average molecular weight is 313 g/mol. The summed E-state index contributed by atoms with van der Waals surface area (Å²) in [7, 11) is 1.63. The first kappa shape index (κ1) is 15.5. The lowest BCUT2D eigenvalue weighted by Crippen LogP contribution is -2.31. The van der Waals surface area contributed by atoms with Crippen LogP contribution in [0.1, 0.15) is 30.0 Å². The Hall–Kier alpha value is -2.36. The third kappa shape index (κ3) is 4.09. The molecule has 4 heteroatoms. The number of amides is 1. The van der Waals surface area contributed by atoms with Gasteiger partial charge >= 0.3 is 0 Å². The normalized spacial score (nSPS) is 15.0. The van der Waals surface area contributed by atoms with Gasteiger partial charge in [-0.1, -0.05) is 24.3 Å². The van der Waals surface area contributed by atoms with Crippen molar-refractivity contribution in [3.05, 3.63) is 65.5 Å². The van der Waals surface area contributed by atoms with E-state index in [0.29, 0.717) is 11.5 Å². The van der Waals surface area contributed by atoms with E-state index in [4.69, 9.17) is 4.74 Å². The maximum atomic E-state index is 13.2. The van der Waals surface area contributed by atoms with Crippen molar-refractivity contribution in [2.75, 3.05) is 7.11 Å². The Bertz CT molecular complexity index is 680. The van der Waals surface area contributed by atoms with E-state index in [1.807, 2.05) is 24.3 Å². The highest BCUT2D eigenvalue weighted by molar-refractivity contribution is 5.79. The van der Waals surface area contributed by atoms with Gasteiger partial charge in [-0.3, -0.25) is 4.79 Å². The number of benzene rings is 2. The quantitative estimate of drug-likeness (QED) is 0.884. The summed E-state index contributed by atoms with van der Waals surface area (Å²) in [4.78, 5) is 12.3. The van der Waals surface area contributed by atoms with Crippen LogP contribution in [-0.2, 0) is 11.2 Å². The van der Waals surface area contributed by atoms with Crippen LogP contribution in [0.4, 0.5) is 4.39 Å². The summed E-state index contributed by atoms with van der Waals surface area (Å²) in [6, 6.07) is 14.0. The average Bonchev–Trinajstić information content (AvgIpc) is 3.37. The molecule has 0 aliphatic heterocycles. The Morgan fingerprint density at radius 1 is 1.26 bits per heavy atom. The van der Waals surface area contributed by atoms with Crippen LogP contribution in [0.15, 0.2) is 48.5 Å². The molecule has 23 heavy (non-hydrogen) atoms. The second kappa shape index (κ2) is 6.82. The number of halogens is 1. The van der Waals surface area contributed by atoms with Gasteiger partial charge in [0.05, 0.1) is 19.6 Å². The van der Waals surface area contributed by atoms with Gasteiger partial charge in [0.1, 0.15) is 11.6 Å². The number of methoxy groups -OCH3 is 1. The molecule has 1 aliphatic carbocycles. The summed E-state index contributed by atoms with van der Waals surface area (Å²) >= 11 is 0. The molecule has 1 saturated carbocycles. The molecule has 1 aliphatic rings. The zero-order valence-electron chi connectivity index (χ0n) is 13.1. The van der Waals surface area contributed by atoms with E-state index in [0.717, 1.165) is 24.2 Å². The number of hydrogen-bond donors (Lipinski definition) is 1. The highest BCUT2D eigenvalue weighted by Gasteiger charge is 2.33. The molecule has 1 amide bonds. The van der Waals surface area contributed by atoms with Crippen molar-refractivity contribution in [3.63, 3.8) is 0 Å². The molecule has 1 atom stereocenters. The maximum absolute atomic E-state index is 13.2. The molecular weight excluding hydrogens is 293 g/mol. The van der Waals surface area contributed by atoms with Gasteiger partial charge in [0.25, 0.3) is 0 Å². The minimum atomic E-state index is -0.316. The summed E-state index contributed by atoms with van der Waals surface area (Å²) in [5, 5.41) is 3.10. The van der Waals surface area contributed by atoms with Crippen LogP contribution in [-0.4, -0.2) is 13.0 Å². The van der Waals surface area contributed by atoms with Gasteiger partial charge in [0.15, 0.2) is 0 Å². The molecule has 0 radical (unpaired) electrons. The minimum absolute atomic E-state index is 0.0157. The first-order valence-electron chi connectivity index (χ1n) is 7.83. The molecule has 3 nitrogen and oxygen atoms in total. The fourth-order valence-corrected chi connectivity index (χ4v) is 2.77. The number of ether oxygens (including phenoxy) is 1. The Balaban J connectivity index is 1.68. The third-order valence-electron chi connectivity index (χ3n) is 4.14. The van der Waals surface area contributed by atoms with E-state index in [1.54, 1.807) is 19.2 Å². The first-order chi connectivity index (χ1) is 11.2. The van der Waals surface area contributed by atoms with E-state index in [9.17, 15) is 9.18 Å². The predicted octanol–water partition coefficient (Wildman–Crippen LogP) is 3.64. The summed E-state index contributed by atoms with van der Waals surface area (Å²) in [6.45, 7) is 0. The second-order valence-corrected chi connectivity index (χ2v) is 5.96. The fraction of sp³-hybridized carbons (Fsp3) is 0.316. The molecule has 1 N–H and O–H groups in total. The van der Waals surface area contributed by atoms with Crippen LogP contribution in [0.3, 0.4) is 0 Å². The topological polar surface area (TPSA) is 38.3 Å². The van der Waals surface area contributed by atoms with E-state index in [-0.39, 0.29) is 24.2 Å². The van der Waals surface area contributed by atoms with Crippen LogP contribution in [0.5, 0.6) is 5.75 Å². The highest BCUT2D eigenvalue weighted by Crippen LogP contribution is 2.41. The van der Waals surface area contributed by atoms with Gasteiger partial charge in [-0.15, -0.1) is 0 Å². The zero-order chi connectivity index (χ0) is 16.2. The Morgan fingerprint density at radius 3 is 2.61 bits per heavy atom. The van der Waals surface area contributed by atoms with Crippen LogP contribution >= 0.6 is 0 Å². The van der Waals surface area contributed by atoms with Crippen molar-refractivity contribution in [3.8, 4) is 5.75 Å². The van der Waals surface area contributed by atoms with Crippen LogP contribution < -0.4 is 10.1 Å². The monoisotopic (exact) mass is 313 g/mol. The summed E-state index contributed by atoms with van der Waals surface area (Å²) < 4.78 is 18.4. The number of carbonyl (C=O) groups excluding carboxylic acids is 1. The minimum Gasteiger partial charge on any atom is -0.497 e. The van der Waals surface area contributed by atoms with Crippen molar-refractivity contribution in [1.82, 2.24) is 5.32 Å². The first-order valence-corrected chi connectivity index (χ1v) is 7.83. The van der Waals surface area contributed by atoms with E-state index >= 15 is 0 Å². The molecule has 2 aromatic carbocycles. The standard InChI is InChI=1S/C19H20FNO2/c1-23-17-9-7-15(8-10-17)19(14-5-6-14)21-18(22)12-13-3-2-4-16(20)11-13/h2-4,7-11,14,19H,5-6,12H2,1H3,(H,21,22). The third-order valence-corrected chi connectivity index (χ3v) is 4.14. The van der Waals surface area contributed by atoms with Gasteiger partial charge in [-0.2, -0.15) is 0 Å². The Morgan fingerprint density at radius 2 is 2.00 bits per heavy atom. The smallest absolute Gasteiger partial charge is 0.224 e. The molecule has 0 aromatic heterocycles. The van der Waals surface area contributed by atoms with E-state index in [1.165, 1.54) is 12.1 Å². The number of rotatable bonds is 6. The second-order valence-electron chi connectivity index (χ2n) is 5.96. The SMILES string of the molecule is COc1ccc(C(NC(=O)Cc2cccc(F)c2)C2CC2)cc1. The summed E-state index contributed by atoms with van der Waals surface area (Å²) in [5.74, 6) is 0.891. The Kier molecular flexibility index (Phi) is 4.60. The van der Waals surface area contributed by atoms with Crippen LogP contribution in [0, 0.1) is 11.7 Å². The summed E-state index contributed by atoms with van der Waals surface area (Å²) in [5.41, 5.74) is 1.77. The molecule has 0 heterocycles. The van der Waals surface area contributed by atoms with E-state index < -0.39 is 0 Å². The van der Waals surface area contributed by atoms with Crippen molar-refractivity contribution in [2.24, 2.45) is 5.92 Å². The highest BCUT2D eigenvalue weighted by atomic mass is 19.1. The Labute approximate surface area is 135 Å². The molecule has 0 saturated heterocycles. The zero-order valence-corrected chi connectivity index (χ0v) is 13.1. The van der Waals surface area contributed by atoms with Crippen LogP contribution in [0.25, 0.3) is 0 Å². The predicted molar refractivity (Wildman–Crippen MR) is 86.7 cm³/mol. The molecule has 0 spiro atoms. The maximum Gasteiger partial charge on any atom is 0.224 e. The number of hydrogen-bond acceptors (Lipinski definition) is 2. The molecular formula is C19H20FNO2. The van der Waals surface area contributed by atoms with Gasteiger partial charge in [-0.25, -0.2) is 4.39 Å². The number of nitrogens with one attached hydrogen (secondary N) is 1. The largest absolute Gasteiger partial charge is 0.497 e. The van der Waals surface area contributed by atoms with Gasteiger partial charge < -0.3 is 10.1 Å². The van der Waals surface area contributed by atoms with Crippen molar-refractivity contribution < 1.29 is 13.9 Å². The molecule has 3 rings (SSSR count). The van der Waals surface area contributed by atoms with Gasteiger partial charge in [-0.05, 0) is 54.2 Å². The van der Waals surface area contributed by atoms with Crippen LogP contribution in [0.2, 0.25) is 0 Å². The molecule has 120 valence electrons. The lowest BCUT2D eigenvalue weighted by Gasteiger charge is -2.19. The fourth-order valence-electron chi connectivity index (χ4n) is 2.77. The lowest BCUT2D eigenvalue weighted by molar-refractivity contribution is -0.121.